The van der Waals surface area contributed by atoms with Gasteiger partial charge in [0.2, 0.25) is 11.5 Å². The number of amides is 1. The molecular weight excluding hydrogens is 378 g/mol. The van der Waals surface area contributed by atoms with Crippen LogP contribution >= 0.6 is 0 Å². The van der Waals surface area contributed by atoms with Crippen LogP contribution < -0.4 is 16.6 Å². The molecule has 8 heteroatoms. The van der Waals surface area contributed by atoms with E-state index >= 15 is 0 Å². The first-order chi connectivity index (χ1) is 13.7. The molecule has 6 nitrogen and oxygen atoms in total. The number of hydrogen-bond donors (Lipinski definition) is 2. The molecule has 3 aromatic rings. The van der Waals surface area contributed by atoms with Crippen LogP contribution in [-0.4, -0.2) is 21.5 Å². The van der Waals surface area contributed by atoms with Crippen molar-refractivity contribution in [2.45, 2.75) is 18.5 Å². The predicted octanol–water partition coefficient (Wildman–Crippen LogP) is 2.08. The van der Waals surface area contributed by atoms with Crippen molar-refractivity contribution in [2.75, 3.05) is 0 Å². The molecule has 0 spiro atoms. The summed E-state index contributed by atoms with van der Waals surface area (Å²) >= 11 is 0. The lowest BCUT2D eigenvalue weighted by molar-refractivity contribution is 0.0924. The highest BCUT2D eigenvalue weighted by molar-refractivity contribution is 5.94. The molecule has 2 heterocycles. The molecule has 1 amide bonds. The fourth-order valence-corrected chi connectivity index (χ4v) is 3.13. The molecule has 1 aromatic carbocycles. The number of hydrogen-bond acceptors (Lipinski definition) is 4. The van der Waals surface area contributed by atoms with E-state index in [0.717, 1.165) is 0 Å². The van der Waals surface area contributed by atoms with E-state index in [2.05, 4.69) is 10.3 Å². The molecule has 2 aromatic heterocycles. The van der Waals surface area contributed by atoms with Gasteiger partial charge in [0, 0.05) is 25.5 Å². The smallest absolute Gasteiger partial charge is 0.253 e. The van der Waals surface area contributed by atoms with Gasteiger partial charge in [-0.3, -0.25) is 9.59 Å². The molecule has 150 valence electrons. The van der Waals surface area contributed by atoms with Crippen molar-refractivity contribution in [3.8, 4) is 0 Å². The summed E-state index contributed by atoms with van der Waals surface area (Å²) in [5.74, 6) is -1.55. The number of halogens is 2. The minimum absolute atomic E-state index is 0.244. The van der Waals surface area contributed by atoms with Crippen molar-refractivity contribution >= 4 is 5.91 Å². The first-order valence-electron chi connectivity index (χ1n) is 8.86. The van der Waals surface area contributed by atoms with E-state index < -0.39 is 29.3 Å². The average molecular weight is 398 g/mol. The highest BCUT2D eigenvalue weighted by Crippen LogP contribution is 2.30. The molecule has 0 radical (unpaired) electrons. The maximum atomic E-state index is 13.4. The van der Waals surface area contributed by atoms with Gasteiger partial charge in [-0.2, -0.15) is 4.39 Å². The van der Waals surface area contributed by atoms with E-state index in [4.69, 9.17) is 5.73 Å². The number of pyridine rings is 2. The molecule has 3 N–H and O–H groups in total. The van der Waals surface area contributed by atoms with Crippen LogP contribution in [0, 0.1) is 11.8 Å². The second-order valence-corrected chi connectivity index (χ2v) is 6.81. The quantitative estimate of drug-likeness (QED) is 0.644. The third-order valence-corrected chi connectivity index (χ3v) is 4.91. The summed E-state index contributed by atoms with van der Waals surface area (Å²) in [7, 11) is 1.54. The molecule has 0 saturated heterocycles. The van der Waals surface area contributed by atoms with E-state index in [1.807, 2.05) is 0 Å². The number of carbonyl (C=O) groups is 1. The van der Waals surface area contributed by atoms with Crippen LogP contribution in [0.1, 0.15) is 28.4 Å². The fourth-order valence-electron chi connectivity index (χ4n) is 3.13. The van der Waals surface area contributed by atoms with E-state index in [0.29, 0.717) is 11.1 Å². The first-order valence-corrected chi connectivity index (χ1v) is 8.86. The van der Waals surface area contributed by atoms with Gasteiger partial charge in [-0.1, -0.05) is 18.2 Å². The largest absolute Gasteiger partial charge is 0.347 e. The van der Waals surface area contributed by atoms with Crippen LogP contribution in [0.3, 0.4) is 0 Å². The normalized spacial score (nSPS) is 14.1. The van der Waals surface area contributed by atoms with Gasteiger partial charge in [0.05, 0.1) is 17.1 Å². The molecule has 0 aliphatic heterocycles. The Morgan fingerprint density at radius 3 is 2.34 bits per heavy atom. The highest BCUT2D eigenvalue weighted by Gasteiger charge is 2.37. The molecule has 0 aliphatic carbocycles. The molecule has 2 atom stereocenters. The predicted molar refractivity (Wildman–Crippen MR) is 104 cm³/mol. The second-order valence-electron chi connectivity index (χ2n) is 6.81. The third-order valence-electron chi connectivity index (χ3n) is 4.91. The van der Waals surface area contributed by atoms with Crippen molar-refractivity contribution in [1.82, 2.24) is 14.9 Å². The Morgan fingerprint density at radius 2 is 1.76 bits per heavy atom. The molecule has 0 saturated carbocycles. The van der Waals surface area contributed by atoms with Crippen LogP contribution in [0.5, 0.6) is 0 Å². The Kier molecular flexibility index (Phi) is 5.56. The zero-order valence-corrected chi connectivity index (χ0v) is 15.9. The Balaban J connectivity index is 1.99. The number of rotatable bonds is 5. The zero-order valence-electron chi connectivity index (χ0n) is 15.9. The maximum absolute atomic E-state index is 13.4. The monoisotopic (exact) mass is 398 g/mol. The van der Waals surface area contributed by atoms with E-state index in [1.54, 1.807) is 14.0 Å². The Bertz CT molecular complexity index is 1030. The van der Waals surface area contributed by atoms with Gasteiger partial charge < -0.3 is 15.6 Å². The second kappa shape index (κ2) is 7.92. The van der Waals surface area contributed by atoms with Crippen molar-refractivity contribution in [3.05, 3.63) is 99.7 Å². The Morgan fingerprint density at radius 1 is 1.10 bits per heavy atom. The lowest BCUT2D eigenvalue weighted by Crippen LogP contribution is -2.55. The van der Waals surface area contributed by atoms with Gasteiger partial charge in [-0.05, 0) is 42.3 Å². The van der Waals surface area contributed by atoms with Crippen molar-refractivity contribution in [2.24, 2.45) is 12.8 Å². The summed E-state index contributed by atoms with van der Waals surface area (Å²) in [6.45, 7) is 1.69. The van der Waals surface area contributed by atoms with E-state index in [1.165, 1.54) is 65.5 Å². The first kappa shape index (κ1) is 20.3. The summed E-state index contributed by atoms with van der Waals surface area (Å²) < 4.78 is 28.1. The molecule has 29 heavy (non-hydrogen) atoms. The fraction of sp³-hybridized carbons (Fsp3) is 0.190. The molecule has 3 rings (SSSR count). The summed E-state index contributed by atoms with van der Waals surface area (Å²) in [4.78, 5) is 27.9. The number of nitrogens with one attached hydrogen (secondary N) is 1. The number of aromatic nitrogens is 2. The molecule has 0 unspecified atom stereocenters. The van der Waals surface area contributed by atoms with Gasteiger partial charge in [0.1, 0.15) is 5.82 Å². The van der Waals surface area contributed by atoms with Crippen molar-refractivity contribution < 1.29 is 13.6 Å². The van der Waals surface area contributed by atoms with Crippen LogP contribution in [-0.2, 0) is 12.6 Å². The average Bonchev–Trinajstić information content (AvgIpc) is 2.70. The number of nitrogens with two attached hydrogens (primary N) is 1. The van der Waals surface area contributed by atoms with Crippen LogP contribution in [0.25, 0.3) is 0 Å². The third kappa shape index (κ3) is 4.07. The van der Waals surface area contributed by atoms with E-state index in [-0.39, 0.29) is 11.1 Å². The minimum Gasteiger partial charge on any atom is -0.347 e. The molecule has 0 aliphatic rings. The van der Waals surface area contributed by atoms with Gasteiger partial charge in [0.25, 0.3) is 5.91 Å². The van der Waals surface area contributed by atoms with E-state index in [9.17, 15) is 18.4 Å². The SMILES string of the molecule is C[C@H](NC(=O)c1ccc(=O)n(C)c1)[C@](N)(c1ccc(F)cc1)c1ccc(F)nc1. The zero-order chi connectivity index (χ0) is 21.2. The number of nitrogens with zero attached hydrogens (tertiary/aromatic N) is 2. The Hall–Kier alpha value is -3.39. The minimum atomic E-state index is -1.31. The van der Waals surface area contributed by atoms with Gasteiger partial charge in [0.15, 0.2) is 0 Å². The summed E-state index contributed by atoms with van der Waals surface area (Å²) in [6.07, 6.45) is 2.70. The van der Waals surface area contributed by atoms with Crippen molar-refractivity contribution in [3.63, 3.8) is 0 Å². The summed E-state index contributed by atoms with van der Waals surface area (Å²) in [5, 5.41) is 2.82. The summed E-state index contributed by atoms with van der Waals surface area (Å²) in [6, 6.07) is 10.2. The standard InChI is InChI=1S/C21H20F2N4O2/c1-13(26-20(29)14-3-10-19(28)27(2)12-14)21(24,15-4-7-17(22)8-5-15)16-6-9-18(23)25-11-16/h3-13H,24H2,1-2H3,(H,26,29)/t13-,21-/m0/s1. The molecular formula is C21H20F2N4O2. The molecule has 0 bridgehead atoms. The lowest BCUT2D eigenvalue weighted by atomic mass is 9.79. The number of aryl methyl sites for hydroxylation is 1. The highest BCUT2D eigenvalue weighted by atomic mass is 19.1. The topological polar surface area (TPSA) is 90.0 Å². The van der Waals surface area contributed by atoms with Crippen LogP contribution in [0.2, 0.25) is 0 Å². The van der Waals surface area contributed by atoms with Gasteiger partial charge >= 0.3 is 0 Å². The lowest BCUT2D eigenvalue weighted by Gasteiger charge is -2.37. The van der Waals surface area contributed by atoms with Crippen LogP contribution in [0.15, 0.2) is 65.7 Å². The molecule has 0 fully saturated rings. The van der Waals surface area contributed by atoms with Crippen LogP contribution in [0.4, 0.5) is 8.78 Å². The van der Waals surface area contributed by atoms with Gasteiger partial charge in [-0.25, -0.2) is 9.37 Å². The number of benzene rings is 1. The number of carbonyl (C=O) groups excluding carboxylic acids is 1. The van der Waals surface area contributed by atoms with Crippen molar-refractivity contribution in [1.29, 1.82) is 0 Å². The Labute approximate surface area is 166 Å². The maximum Gasteiger partial charge on any atom is 0.253 e. The van der Waals surface area contributed by atoms with Gasteiger partial charge in [-0.15, -0.1) is 0 Å². The summed E-state index contributed by atoms with van der Waals surface area (Å²) in [5.41, 5.74) is 6.38.